The maximum atomic E-state index is 11.4. The highest BCUT2D eigenvalue weighted by Gasteiger charge is 2.16. The minimum Gasteiger partial charge on any atom is -0.508 e. The highest BCUT2D eigenvalue weighted by Crippen LogP contribution is 2.31. The number of aromatic nitrogens is 3. The number of ether oxygens (including phenoxy) is 1. The first-order valence-electron chi connectivity index (χ1n) is 11.3. The Kier molecular flexibility index (Phi) is 7.02. The average Bonchev–Trinajstić information content (AvgIpc) is 2.91. The van der Waals surface area contributed by atoms with E-state index in [1.165, 1.54) is 17.8 Å². The van der Waals surface area contributed by atoms with Crippen molar-refractivity contribution in [3.63, 3.8) is 0 Å². The molecule has 0 aliphatic heterocycles. The average molecular weight is 516 g/mol. The minimum absolute atomic E-state index is 0.0133. The van der Waals surface area contributed by atoms with Gasteiger partial charge < -0.3 is 24.5 Å². The van der Waals surface area contributed by atoms with Crippen LogP contribution in [0.25, 0.3) is 33.5 Å². The molecule has 0 fully saturated rings. The second-order valence-electron chi connectivity index (χ2n) is 8.12. The molecule has 10 heteroatoms. The van der Waals surface area contributed by atoms with Gasteiger partial charge in [0.25, 0.3) is 0 Å². The molecule has 2 heterocycles. The molecule has 186 valence electrons. The van der Waals surface area contributed by atoms with Gasteiger partial charge in [0.1, 0.15) is 40.8 Å². The number of aromatic hydroxyl groups is 2. The van der Waals surface area contributed by atoms with Gasteiger partial charge >= 0.3 is 5.63 Å². The van der Waals surface area contributed by atoms with Gasteiger partial charge in [-0.15, -0.1) is 10.2 Å². The van der Waals surface area contributed by atoms with Crippen LogP contribution in [-0.4, -0.2) is 49.0 Å². The minimum atomic E-state index is -0.832. The fourth-order valence-electron chi connectivity index (χ4n) is 3.55. The van der Waals surface area contributed by atoms with Crippen molar-refractivity contribution in [1.29, 1.82) is 0 Å². The van der Waals surface area contributed by atoms with E-state index in [1.54, 1.807) is 72.8 Å². The summed E-state index contributed by atoms with van der Waals surface area (Å²) in [5.41, 5.74) is 2.47. The maximum absolute atomic E-state index is 11.4. The number of aliphatic hydroxyl groups is 1. The van der Waals surface area contributed by atoms with Crippen molar-refractivity contribution in [3.8, 4) is 39.8 Å². The summed E-state index contributed by atoms with van der Waals surface area (Å²) in [6, 6.07) is 21.3. The number of benzene rings is 3. The molecule has 0 aliphatic rings. The third kappa shape index (κ3) is 5.88. The molecule has 0 aliphatic carbocycles. The zero-order valence-electron chi connectivity index (χ0n) is 19.3. The molecular formula is C27H21N3O6S. The van der Waals surface area contributed by atoms with Crippen LogP contribution in [-0.2, 0) is 0 Å². The van der Waals surface area contributed by atoms with Crippen LogP contribution >= 0.6 is 11.8 Å². The third-order valence-electron chi connectivity index (χ3n) is 5.39. The van der Waals surface area contributed by atoms with Crippen LogP contribution in [0.3, 0.4) is 0 Å². The van der Waals surface area contributed by atoms with Gasteiger partial charge in [-0.05, 0) is 66.7 Å². The Balaban J connectivity index is 1.29. The number of hydrogen-bond donors (Lipinski definition) is 3. The van der Waals surface area contributed by atoms with Gasteiger partial charge in [-0.1, -0.05) is 11.8 Å². The Morgan fingerprint density at radius 2 is 1.49 bits per heavy atom. The Bertz CT molecular complexity index is 1590. The molecule has 37 heavy (non-hydrogen) atoms. The summed E-state index contributed by atoms with van der Waals surface area (Å²) >= 11 is 1.22. The van der Waals surface area contributed by atoms with E-state index < -0.39 is 11.7 Å². The van der Waals surface area contributed by atoms with E-state index in [9.17, 15) is 20.1 Å². The summed E-state index contributed by atoms with van der Waals surface area (Å²) in [5.74, 6) is 0.977. The van der Waals surface area contributed by atoms with Crippen molar-refractivity contribution in [2.45, 2.75) is 11.3 Å². The van der Waals surface area contributed by atoms with Crippen molar-refractivity contribution in [2.24, 2.45) is 0 Å². The Hall–Kier alpha value is -4.41. The van der Waals surface area contributed by atoms with E-state index >= 15 is 0 Å². The first-order valence-corrected chi connectivity index (χ1v) is 12.2. The second-order valence-corrected chi connectivity index (χ2v) is 9.10. The first kappa shape index (κ1) is 24.3. The van der Waals surface area contributed by atoms with Crippen LogP contribution in [0.5, 0.6) is 17.2 Å². The van der Waals surface area contributed by atoms with Crippen LogP contribution < -0.4 is 10.4 Å². The summed E-state index contributed by atoms with van der Waals surface area (Å²) in [6.07, 6.45) is -0.832. The van der Waals surface area contributed by atoms with E-state index in [1.807, 2.05) is 0 Å². The van der Waals surface area contributed by atoms with Gasteiger partial charge in [0, 0.05) is 34.4 Å². The summed E-state index contributed by atoms with van der Waals surface area (Å²) < 4.78 is 10.8. The van der Waals surface area contributed by atoms with Crippen molar-refractivity contribution in [2.75, 3.05) is 12.4 Å². The van der Waals surface area contributed by atoms with Crippen LogP contribution in [0.1, 0.15) is 0 Å². The predicted octanol–water partition coefficient (Wildman–Crippen LogP) is 4.26. The quantitative estimate of drug-likeness (QED) is 0.203. The largest absolute Gasteiger partial charge is 0.508 e. The van der Waals surface area contributed by atoms with Gasteiger partial charge in [0.05, 0.1) is 6.10 Å². The van der Waals surface area contributed by atoms with Crippen LogP contribution in [0, 0.1) is 0 Å². The van der Waals surface area contributed by atoms with Crippen molar-refractivity contribution in [3.05, 3.63) is 89.3 Å². The number of thioether (sulfide) groups is 1. The van der Waals surface area contributed by atoms with Gasteiger partial charge in [-0.25, -0.2) is 9.78 Å². The van der Waals surface area contributed by atoms with E-state index in [4.69, 9.17) is 9.15 Å². The summed E-state index contributed by atoms with van der Waals surface area (Å²) in [6.45, 7) is 0.0133. The molecule has 1 atom stereocenters. The highest BCUT2D eigenvalue weighted by molar-refractivity contribution is 7.99. The van der Waals surface area contributed by atoms with Crippen molar-refractivity contribution in [1.82, 2.24) is 15.2 Å². The normalized spacial score (nSPS) is 11.9. The lowest BCUT2D eigenvalue weighted by Gasteiger charge is -2.13. The lowest BCUT2D eigenvalue weighted by molar-refractivity contribution is 0.126. The molecule has 0 spiro atoms. The van der Waals surface area contributed by atoms with Gasteiger partial charge in [0.15, 0.2) is 0 Å². The number of hydrogen-bond acceptors (Lipinski definition) is 10. The lowest BCUT2D eigenvalue weighted by Crippen LogP contribution is -2.20. The molecule has 9 nitrogen and oxygen atoms in total. The standard InChI is InChI=1S/C27H21N3O6S/c31-19-7-1-17(2-8-19)25-26(18-3-9-20(32)10-4-18)29-30-27(28-25)37-15-21(33)14-35-22-11-5-16-6-12-24(34)36-23(16)13-22/h1-13,21,31-33H,14-15H2. The summed E-state index contributed by atoms with van der Waals surface area (Å²) in [4.78, 5) is 16.1. The zero-order valence-corrected chi connectivity index (χ0v) is 20.1. The number of phenols is 2. The molecular weight excluding hydrogens is 494 g/mol. The highest BCUT2D eigenvalue weighted by atomic mass is 32.2. The van der Waals surface area contributed by atoms with Crippen LogP contribution in [0.2, 0.25) is 0 Å². The fraction of sp³-hybridized carbons (Fsp3) is 0.111. The van der Waals surface area contributed by atoms with E-state index in [0.29, 0.717) is 27.9 Å². The molecule has 3 aromatic carbocycles. The van der Waals surface area contributed by atoms with E-state index in [2.05, 4.69) is 15.2 Å². The number of phenolic OH excluding ortho intramolecular Hbond substituents is 2. The number of rotatable bonds is 8. The Morgan fingerprint density at radius 3 is 2.19 bits per heavy atom. The molecule has 0 radical (unpaired) electrons. The number of fused-ring (bicyclic) bond motifs is 1. The molecule has 5 rings (SSSR count). The monoisotopic (exact) mass is 515 g/mol. The van der Waals surface area contributed by atoms with Crippen molar-refractivity contribution >= 4 is 22.7 Å². The molecule has 2 aromatic heterocycles. The second kappa shape index (κ2) is 10.7. The van der Waals surface area contributed by atoms with E-state index in [-0.39, 0.29) is 23.9 Å². The molecule has 0 saturated heterocycles. The van der Waals surface area contributed by atoms with Gasteiger partial charge in [-0.2, -0.15) is 0 Å². The number of nitrogens with zero attached hydrogens (tertiary/aromatic N) is 3. The maximum Gasteiger partial charge on any atom is 0.336 e. The third-order valence-corrected chi connectivity index (χ3v) is 6.37. The molecule has 0 saturated carbocycles. The van der Waals surface area contributed by atoms with Crippen LogP contribution in [0.4, 0.5) is 0 Å². The van der Waals surface area contributed by atoms with Crippen LogP contribution in [0.15, 0.2) is 93.2 Å². The van der Waals surface area contributed by atoms with E-state index in [0.717, 1.165) is 16.5 Å². The Morgan fingerprint density at radius 1 is 0.838 bits per heavy atom. The smallest absolute Gasteiger partial charge is 0.336 e. The zero-order chi connectivity index (χ0) is 25.8. The summed E-state index contributed by atoms with van der Waals surface area (Å²) in [7, 11) is 0. The predicted molar refractivity (Wildman–Crippen MR) is 139 cm³/mol. The SMILES string of the molecule is O=c1ccc2ccc(OCC(O)CSc3nnc(-c4ccc(O)cc4)c(-c4ccc(O)cc4)n3)cc2o1. The number of aliphatic hydroxyl groups excluding tert-OH is 1. The van der Waals surface area contributed by atoms with Gasteiger partial charge in [-0.3, -0.25) is 0 Å². The Labute approximate surface area is 215 Å². The summed E-state index contributed by atoms with van der Waals surface area (Å²) in [5, 5.41) is 39.5. The molecule has 3 N–H and O–H groups in total. The molecule has 0 bridgehead atoms. The van der Waals surface area contributed by atoms with Crippen molar-refractivity contribution < 1.29 is 24.5 Å². The lowest BCUT2D eigenvalue weighted by atomic mass is 10.0. The molecule has 1 unspecified atom stereocenters. The fourth-order valence-corrected chi connectivity index (χ4v) is 4.24. The molecule has 0 amide bonds. The topological polar surface area (TPSA) is 139 Å². The molecule has 5 aromatic rings. The first-order chi connectivity index (χ1) is 17.9. The van der Waals surface area contributed by atoms with Gasteiger partial charge in [0.2, 0.25) is 5.16 Å².